The molecule has 0 aromatic carbocycles. The topological polar surface area (TPSA) is 38.5 Å². The van der Waals surface area contributed by atoms with Crippen molar-refractivity contribution in [2.75, 3.05) is 19.7 Å². The van der Waals surface area contributed by atoms with Gasteiger partial charge in [0.1, 0.15) is 0 Å². The van der Waals surface area contributed by atoms with Crippen LogP contribution in [0.25, 0.3) is 0 Å². The average molecular weight is 254 g/mol. The fourth-order valence-corrected chi connectivity index (χ4v) is 3.69. The van der Waals surface area contributed by atoms with E-state index >= 15 is 0 Å². The second-order valence-electron chi connectivity index (χ2n) is 6.52. The number of morpholine rings is 1. The predicted molar refractivity (Wildman–Crippen MR) is 75.5 cm³/mol. The first-order chi connectivity index (χ1) is 8.59. The Hall–Kier alpha value is -0.120. The monoisotopic (exact) mass is 254 g/mol. The molecule has 4 atom stereocenters. The third-order valence-electron chi connectivity index (χ3n) is 4.82. The van der Waals surface area contributed by atoms with E-state index in [0.717, 1.165) is 37.6 Å². The first-order valence-corrected chi connectivity index (χ1v) is 7.71. The third kappa shape index (κ3) is 3.25. The van der Waals surface area contributed by atoms with Gasteiger partial charge in [0.15, 0.2) is 0 Å². The lowest BCUT2D eigenvalue weighted by Crippen LogP contribution is -2.55. The van der Waals surface area contributed by atoms with E-state index in [1.165, 1.54) is 25.7 Å². The Labute approximate surface area is 112 Å². The molecule has 1 saturated carbocycles. The molecule has 1 aliphatic carbocycles. The Bertz CT molecular complexity index is 255. The van der Waals surface area contributed by atoms with Crippen LogP contribution >= 0.6 is 0 Å². The van der Waals surface area contributed by atoms with Crippen LogP contribution in [-0.2, 0) is 4.74 Å². The summed E-state index contributed by atoms with van der Waals surface area (Å²) in [5.41, 5.74) is 6.00. The van der Waals surface area contributed by atoms with Gasteiger partial charge in [-0.3, -0.25) is 4.90 Å². The summed E-state index contributed by atoms with van der Waals surface area (Å²) in [6.45, 7) is 9.81. The number of ether oxygens (including phenoxy) is 1. The highest BCUT2D eigenvalue weighted by Crippen LogP contribution is 2.34. The van der Waals surface area contributed by atoms with Gasteiger partial charge in [0.25, 0.3) is 0 Å². The van der Waals surface area contributed by atoms with Crippen LogP contribution in [0.2, 0.25) is 0 Å². The highest BCUT2D eigenvalue weighted by atomic mass is 16.5. The number of hydrogen-bond acceptors (Lipinski definition) is 3. The molecule has 0 spiro atoms. The van der Waals surface area contributed by atoms with Crippen molar-refractivity contribution >= 4 is 0 Å². The van der Waals surface area contributed by atoms with Crippen molar-refractivity contribution in [2.24, 2.45) is 17.6 Å². The molecular formula is C15H30N2O. The van der Waals surface area contributed by atoms with Gasteiger partial charge in [-0.15, -0.1) is 0 Å². The lowest BCUT2D eigenvalue weighted by molar-refractivity contribution is -0.0689. The van der Waals surface area contributed by atoms with Crippen LogP contribution in [0.15, 0.2) is 0 Å². The maximum Gasteiger partial charge on any atom is 0.0850 e. The Morgan fingerprint density at radius 1 is 1.17 bits per heavy atom. The molecule has 0 aromatic rings. The van der Waals surface area contributed by atoms with Crippen molar-refractivity contribution in [3.8, 4) is 0 Å². The van der Waals surface area contributed by atoms with E-state index in [-0.39, 0.29) is 12.1 Å². The summed E-state index contributed by atoms with van der Waals surface area (Å²) in [7, 11) is 0. The molecule has 2 aliphatic rings. The summed E-state index contributed by atoms with van der Waals surface area (Å²) in [4.78, 5) is 2.67. The van der Waals surface area contributed by atoms with Gasteiger partial charge in [0.2, 0.25) is 0 Å². The smallest absolute Gasteiger partial charge is 0.0850 e. The Kier molecular flexibility index (Phi) is 5.05. The van der Waals surface area contributed by atoms with Crippen LogP contribution in [0.5, 0.6) is 0 Å². The van der Waals surface area contributed by atoms with Crippen molar-refractivity contribution in [3.05, 3.63) is 0 Å². The van der Waals surface area contributed by atoms with E-state index in [0.29, 0.717) is 0 Å². The summed E-state index contributed by atoms with van der Waals surface area (Å²) >= 11 is 0. The summed E-state index contributed by atoms with van der Waals surface area (Å²) in [6, 6.07) is 0.915. The highest BCUT2D eigenvalue weighted by molar-refractivity contribution is 4.89. The highest BCUT2D eigenvalue weighted by Gasteiger charge is 2.35. The minimum Gasteiger partial charge on any atom is -0.374 e. The molecule has 1 aliphatic heterocycles. The molecule has 3 nitrogen and oxygen atoms in total. The molecule has 0 aromatic heterocycles. The summed E-state index contributed by atoms with van der Waals surface area (Å²) in [6.07, 6.45) is 5.82. The van der Waals surface area contributed by atoms with Crippen molar-refractivity contribution in [1.29, 1.82) is 0 Å². The zero-order valence-electron chi connectivity index (χ0n) is 12.3. The lowest BCUT2D eigenvalue weighted by atomic mass is 9.77. The molecule has 2 N–H and O–H groups in total. The van der Waals surface area contributed by atoms with E-state index in [1.807, 2.05) is 0 Å². The van der Waals surface area contributed by atoms with E-state index in [1.54, 1.807) is 0 Å². The molecule has 2 fully saturated rings. The SMILES string of the molecule is CC(C)C1CCCCC1N1CCOC(C(C)N)C1. The summed E-state index contributed by atoms with van der Waals surface area (Å²) in [5, 5.41) is 0. The standard InChI is InChI=1S/C15H30N2O/c1-11(2)13-6-4-5-7-14(13)17-8-9-18-15(10-17)12(3)16/h11-15H,4-10,16H2,1-3H3. The second kappa shape index (κ2) is 6.36. The van der Waals surface area contributed by atoms with Gasteiger partial charge in [0.05, 0.1) is 12.7 Å². The van der Waals surface area contributed by atoms with Crippen LogP contribution < -0.4 is 5.73 Å². The molecule has 4 unspecified atom stereocenters. The molecule has 1 saturated heterocycles. The molecule has 0 bridgehead atoms. The molecule has 0 radical (unpaired) electrons. The van der Waals surface area contributed by atoms with Crippen LogP contribution in [-0.4, -0.2) is 42.8 Å². The quantitative estimate of drug-likeness (QED) is 0.839. The zero-order valence-corrected chi connectivity index (χ0v) is 12.3. The summed E-state index contributed by atoms with van der Waals surface area (Å²) in [5.74, 6) is 1.66. The minimum atomic E-state index is 0.147. The maximum atomic E-state index is 6.00. The van der Waals surface area contributed by atoms with Gasteiger partial charge >= 0.3 is 0 Å². The molecule has 3 heteroatoms. The fourth-order valence-electron chi connectivity index (χ4n) is 3.69. The first kappa shape index (κ1) is 14.3. The van der Waals surface area contributed by atoms with Gasteiger partial charge in [0, 0.05) is 25.2 Å². The van der Waals surface area contributed by atoms with Crippen LogP contribution in [0.3, 0.4) is 0 Å². The third-order valence-corrected chi connectivity index (χ3v) is 4.82. The number of nitrogens with zero attached hydrogens (tertiary/aromatic N) is 1. The Balaban J connectivity index is 1.99. The van der Waals surface area contributed by atoms with Gasteiger partial charge in [-0.2, -0.15) is 0 Å². The van der Waals surface area contributed by atoms with Gasteiger partial charge in [-0.1, -0.05) is 26.7 Å². The normalized spacial score (nSPS) is 36.8. The average Bonchev–Trinajstić information content (AvgIpc) is 2.39. The molecule has 0 amide bonds. The molecular weight excluding hydrogens is 224 g/mol. The van der Waals surface area contributed by atoms with Crippen LogP contribution in [0, 0.1) is 11.8 Å². The van der Waals surface area contributed by atoms with Crippen molar-refractivity contribution in [3.63, 3.8) is 0 Å². The predicted octanol–water partition coefficient (Wildman–Crippen LogP) is 2.25. The summed E-state index contributed by atoms with van der Waals surface area (Å²) < 4.78 is 5.79. The zero-order chi connectivity index (χ0) is 13.1. The van der Waals surface area contributed by atoms with Crippen molar-refractivity contribution < 1.29 is 4.74 Å². The van der Waals surface area contributed by atoms with Gasteiger partial charge < -0.3 is 10.5 Å². The Morgan fingerprint density at radius 2 is 1.89 bits per heavy atom. The van der Waals surface area contributed by atoms with Crippen molar-refractivity contribution in [2.45, 2.75) is 64.6 Å². The van der Waals surface area contributed by atoms with Crippen LogP contribution in [0.4, 0.5) is 0 Å². The van der Waals surface area contributed by atoms with Gasteiger partial charge in [-0.25, -0.2) is 0 Å². The molecule has 1 heterocycles. The van der Waals surface area contributed by atoms with E-state index in [4.69, 9.17) is 10.5 Å². The van der Waals surface area contributed by atoms with Gasteiger partial charge in [-0.05, 0) is 31.6 Å². The maximum absolute atomic E-state index is 6.00. The molecule has 2 rings (SSSR count). The molecule has 106 valence electrons. The second-order valence-corrected chi connectivity index (χ2v) is 6.52. The van der Waals surface area contributed by atoms with E-state index in [9.17, 15) is 0 Å². The van der Waals surface area contributed by atoms with Crippen LogP contribution in [0.1, 0.15) is 46.5 Å². The Morgan fingerprint density at radius 3 is 2.56 bits per heavy atom. The molecule has 18 heavy (non-hydrogen) atoms. The first-order valence-electron chi connectivity index (χ1n) is 7.71. The van der Waals surface area contributed by atoms with E-state index < -0.39 is 0 Å². The number of hydrogen-bond donors (Lipinski definition) is 1. The minimum absolute atomic E-state index is 0.147. The largest absolute Gasteiger partial charge is 0.374 e. The fraction of sp³-hybridized carbons (Fsp3) is 1.00. The van der Waals surface area contributed by atoms with E-state index in [2.05, 4.69) is 25.7 Å². The van der Waals surface area contributed by atoms with Crippen molar-refractivity contribution in [1.82, 2.24) is 4.90 Å². The lowest BCUT2D eigenvalue weighted by Gasteiger charge is -2.45. The number of rotatable bonds is 3. The number of nitrogens with two attached hydrogens (primary N) is 1.